The third-order valence-electron chi connectivity index (χ3n) is 4.82. The summed E-state index contributed by atoms with van der Waals surface area (Å²) in [4.78, 5) is 27.0. The fourth-order valence-electron chi connectivity index (χ4n) is 3.05. The summed E-state index contributed by atoms with van der Waals surface area (Å²) in [5.41, 5.74) is -1.09. The fraction of sp³-hybridized carbons (Fsp3) is 0.579. The van der Waals surface area contributed by atoms with Crippen molar-refractivity contribution >= 4 is 21.8 Å². The molecule has 1 aromatic rings. The lowest BCUT2D eigenvalue weighted by atomic mass is 10.2. The first kappa shape index (κ1) is 26.0. The highest BCUT2D eigenvalue weighted by Gasteiger charge is 2.32. The summed E-state index contributed by atoms with van der Waals surface area (Å²) in [5.74, 6) is -0.626. The Hall–Kier alpha value is -2.22. The lowest BCUT2D eigenvalue weighted by Crippen LogP contribution is -2.53. The third kappa shape index (κ3) is 8.04. The third-order valence-corrected chi connectivity index (χ3v) is 6.22. The molecule has 13 heteroatoms. The van der Waals surface area contributed by atoms with Crippen molar-refractivity contribution in [3.05, 3.63) is 29.8 Å². The standard InChI is InChI=1S/C19H27F3N4O5S/c1-31-11-3-6-23-17(27)14-25-7-9-26(10-8-25)18(28)13-24-32(29,30)16-5-2-4-15(12-16)19(20,21)22/h2,4-5,12,24H,3,6-11,13-14H2,1H3,(H,23,27). The van der Waals surface area contributed by atoms with E-state index in [1.165, 1.54) is 4.90 Å². The second kappa shape index (κ2) is 11.6. The maximum Gasteiger partial charge on any atom is 0.416 e. The Morgan fingerprint density at radius 2 is 1.84 bits per heavy atom. The van der Waals surface area contributed by atoms with E-state index in [0.29, 0.717) is 51.8 Å². The quantitative estimate of drug-likeness (QED) is 0.466. The molecular weight excluding hydrogens is 453 g/mol. The summed E-state index contributed by atoms with van der Waals surface area (Å²) >= 11 is 0. The molecule has 9 nitrogen and oxygen atoms in total. The zero-order valence-electron chi connectivity index (χ0n) is 17.7. The van der Waals surface area contributed by atoms with Crippen LogP contribution in [0, 0.1) is 0 Å². The van der Waals surface area contributed by atoms with Gasteiger partial charge in [-0.3, -0.25) is 14.5 Å². The maximum atomic E-state index is 12.8. The molecule has 2 N–H and O–H groups in total. The van der Waals surface area contributed by atoms with Gasteiger partial charge in [-0.2, -0.15) is 13.2 Å². The second-order valence-electron chi connectivity index (χ2n) is 7.20. The lowest BCUT2D eigenvalue weighted by Gasteiger charge is -2.34. The summed E-state index contributed by atoms with van der Waals surface area (Å²) in [6.07, 6.45) is -3.97. The van der Waals surface area contributed by atoms with Crippen molar-refractivity contribution in [2.24, 2.45) is 0 Å². The van der Waals surface area contributed by atoms with Gasteiger partial charge in [0.2, 0.25) is 21.8 Å². The second-order valence-corrected chi connectivity index (χ2v) is 8.97. The number of carbonyl (C=O) groups is 2. The van der Waals surface area contributed by atoms with Crippen LogP contribution in [0.3, 0.4) is 0 Å². The molecule has 1 fully saturated rings. The van der Waals surface area contributed by atoms with Crippen molar-refractivity contribution in [1.29, 1.82) is 0 Å². The molecule has 0 spiro atoms. The van der Waals surface area contributed by atoms with Crippen molar-refractivity contribution in [3.8, 4) is 0 Å². The number of hydrogen-bond donors (Lipinski definition) is 2. The smallest absolute Gasteiger partial charge is 0.385 e. The maximum absolute atomic E-state index is 12.8. The Bertz CT molecular complexity index is 887. The fourth-order valence-corrected chi connectivity index (χ4v) is 4.07. The van der Waals surface area contributed by atoms with Gasteiger partial charge in [0, 0.05) is 46.4 Å². The molecule has 0 radical (unpaired) electrons. The zero-order chi connectivity index (χ0) is 23.8. The molecule has 0 aliphatic carbocycles. The number of alkyl halides is 3. The van der Waals surface area contributed by atoms with Crippen molar-refractivity contribution < 1.29 is 35.9 Å². The summed E-state index contributed by atoms with van der Waals surface area (Å²) in [5, 5.41) is 2.78. The molecule has 0 bridgehead atoms. The number of piperazine rings is 1. The van der Waals surface area contributed by atoms with Gasteiger partial charge in [-0.1, -0.05) is 6.07 Å². The summed E-state index contributed by atoms with van der Waals surface area (Å²) in [7, 11) is -2.70. The number of sulfonamides is 1. The van der Waals surface area contributed by atoms with Crippen LogP contribution >= 0.6 is 0 Å². The van der Waals surface area contributed by atoms with E-state index in [1.807, 2.05) is 4.90 Å². The van der Waals surface area contributed by atoms with Gasteiger partial charge in [0.05, 0.1) is 23.5 Å². The van der Waals surface area contributed by atoms with Crippen LogP contribution in [0.25, 0.3) is 0 Å². The number of hydrogen-bond acceptors (Lipinski definition) is 6. The molecule has 180 valence electrons. The summed E-state index contributed by atoms with van der Waals surface area (Å²) < 4.78 is 70.0. The monoisotopic (exact) mass is 480 g/mol. The van der Waals surface area contributed by atoms with Crippen LogP contribution in [0.1, 0.15) is 12.0 Å². The summed E-state index contributed by atoms with van der Waals surface area (Å²) in [6.45, 7) is 2.18. The first-order valence-electron chi connectivity index (χ1n) is 9.95. The number of ether oxygens (including phenoxy) is 1. The molecule has 1 aromatic carbocycles. The van der Waals surface area contributed by atoms with Crippen LogP contribution in [-0.4, -0.2) is 89.6 Å². The number of methoxy groups -OCH3 is 1. The predicted molar refractivity (Wildman–Crippen MR) is 109 cm³/mol. The number of amides is 2. The number of carbonyl (C=O) groups excluding carboxylic acids is 2. The van der Waals surface area contributed by atoms with Gasteiger partial charge in [-0.05, 0) is 24.6 Å². The van der Waals surface area contributed by atoms with E-state index in [9.17, 15) is 31.2 Å². The van der Waals surface area contributed by atoms with Crippen LogP contribution < -0.4 is 10.0 Å². The Morgan fingerprint density at radius 3 is 2.47 bits per heavy atom. The first-order chi connectivity index (χ1) is 15.0. The molecule has 1 saturated heterocycles. The number of halogens is 3. The molecule has 0 unspecified atom stereocenters. The van der Waals surface area contributed by atoms with Gasteiger partial charge < -0.3 is 15.0 Å². The minimum absolute atomic E-state index is 0.130. The van der Waals surface area contributed by atoms with Crippen molar-refractivity contribution in [2.75, 3.05) is 59.5 Å². The van der Waals surface area contributed by atoms with Gasteiger partial charge in [0.1, 0.15) is 0 Å². The van der Waals surface area contributed by atoms with Gasteiger partial charge in [0.15, 0.2) is 0 Å². The Morgan fingerprint density at radius 1 is 1.16 bits per heavy atom. The highest BCUT2D eigenvalue weighted by atomic mass is 32.2. The highest BCUT2D eigenvalue weighted by molar-refractivity contribution is 7.89. The molecule has 0 atom stereocenters. The Kier molecular flexibility index (Phi) is 9.43. The van der Waals surface area contributed by atoms with Gasteiger partial charge in [-0.25, -0.2) is 13.1 Å². The average molecular weight is 481 g/mol. The minimum Gasteiger partial charge on any atom is -0.385 e. The normalized spacial score (nSPS) is 15.6. The molecule has 2 rings (SSSR count). The van der Waals surface area contributed by atoms with Crippen LogP contribution in [0.4, 0.5) is 13.2 Å². The Balaban J connectivity index is 1.79. The molecule has 1 heterocycles. The summed E-state index contributed by atoms with van der Waals surface area (Å²) in [6, 6.07) is 3.31. The molecule has 1 aliphatic heterocycles. The largest absolute Gasteiger partial charge is 0.416 e. The van der Waals surface area contributed by atoms with Crippen molar-refractivity contribution in [3.63, 3.8) is 0 Å². The van der Waals surface area contributed by atoms with E-state index in [0.717, 1.165) is 18.2 Å². The average Bonchev–Trinajstić information content (AvgIpc) is 2.75. The highest BCUT2D eigenvalue weighted by Crippen LogP contribution is 2.30. The number of benzene rings is 1. The van der Waals surface area contributed by atoms with E-state index in [2.05, 4.69) is 10.0 Å². The number of nitrogens with one attached hydrogen (secondary N) is 2. The topological polar surface area (TPSA) is 108 Å². The molecule has 32 heavy (non-hydrogen) atoms. The van der Waals surface area contributed by atoms with Crippen molar-refractivity contribution in [2.45, 2.75) is 17.5 Å². The van der Waals surface area contributed by atoms with E-state index >= 15 is 0 Å². The number of rotatable bonds is 10. The van der Waals surface area contributed by atoms with Crippen LogP contribution in [0.2, 0.25) is 0 Å². The van der Waals surface area contributed by atoms with Crippen LogP contribution in [-0.2, 0) is 30.5 Å². The molecule has 0 aromatic heterocycles. The molecule has 0 saturated carbocycles. The minimum atomic E-state index is -4.68. The molecular formula is C19H27F3N4O5S. The number of nitrogens with zero attached hydrogens (tertiary/aromatic N) is 2. The van der Waals surface area contributed by atoms with E-state index < -0.39 is 39.1 Å². The molecule has 2 amide bonds. The zero-order valence-corrected chi connectivity index (χ0v) is 18.5. The van der Waals surface area contributed by atoms with Crippen LogP contribution in [0.15, 0.2) is 29.2 Å². The van der Waals surface area contributed by atoms with E-state index in [1.54, 1.807) is 7.11 Å². The lowest BCUT2D eigenvalue weighted by molar-refractivity contribution is -0.137. The Labute approximate surface area is 184 Å². The molecule has 1 aliphatic rings. The predicted octanol–water partition coefficient (Wildman–Crippen LogP) is 0.281. The van der Waals surface area contributed by atoms with E-state index in [4.69, 9.17) is 4.74 Å². The van der Waals surface area contributed by atoms with Crippen molar-refractivity contribution in [1.82, 2.24) is 19.8 Å². The van der Waals surface area contributed by atoms with Gasteiger partial charge in [-0.15, -0.1) is 0 Å². The van der Waals surface area contributed by atoms with Gasteiger partial charge in [0.25, 0.3) is 0 Å². The van der Waals surface area contributed by atoms with Gasteiger partial charge >= 0.3 is 6.18 Å². The SMILES string of the molecule is COCCCNC(=O)CN1CCN(C(=O)CNS(=O)(=O)c2cccc(C(F)(F)F)c2)CC1. The van der Waals surface area contributed by atoms with E-state index in [-0.39, 0.29) is 12.5 Å². The first-order valence-corrected chi connectivity index (χ1v) is 11.4. The van der Waals surface area contributed by atoms with Crippen LogP contribution in [0.5, 0.6) is 0 Å².